The molecule has 0 heterocycles. The third-order valence-corrected chi connectivity index (χ3v) is 3.73. The Bertz CT molecular complexity index is 397. The third kappa shape index (κ3) is 3.55. The van der Waals surface area contributed by atoms with Crippen molar-refractivity contribution in [2.24, 2.45) is 11.7 Å². The monoisotopic (exact) mass is 251 g/mol. The van der Waals surface area contributed by atoms with Gasteiger partial charge >= 0.3 is 0 Å². The highest BCUT2D eigenvalue weighted by Crippen LogP contribution is 2.25. The number of ketones is 1. The summed E-state index contributed by atoms with van der Waals surface area (Å²) in [6.45, 7) is 0. The van der Waals surface area contributed by atoms with E-state index in [0.29, 0.717) is 23.3 Å². The molecule has 1 fully saturated rings. The van der Waals surface area contributed by atoms with E-state index in [1.165, 1.54) is 0 Å². The maximum Gasteiger partial charge on any atom is 0.140 e. The molecule has 0 atom stereocenters. The van der Waals surface area contributed by atoms with Crippen LogP contribution in [0.25, 0.3) is 0 Å². The van der Waals surface area contributed by atoms with E-state index in [-0.39, 0.29) is 5.92 Å². The lowest BCUT2D eigenvalue weighted by Crippen LogP contribution is -2.30. The number of hydrogen-bond donors (Lipinski definition) is 1. The topological polar surface area (TPSA) is 43.1 Å². The minimum absolute atomic E-state index is 0.203. The van der Waals surface area contributed by atoms with Crippen LogP contribution in [-0.4, -0.2) is 11.8 Å². The molecule has 1 aliphatic rings. The Kier molecular flexibility index (Phi) is 4.19. The highest BCUT2D eigenvalue weighted by Gasteiger charge is 2.24. The first-order valence-electron chi connectivity index (χ1n) is 6.18. The second-order valence-electron chi connectivity index (χ2n) is 4.88. The Morgan fingerprint density at radius 2 is 2.00 bits per heavy atom. The quantitative estimate of drug-likeness (QED) is 0.898. The van der Waals surface area contributed by atoms with Gasteiger partial charge in [-0.25, -0.2) is 0 Å². The summed E-state index contributed by atoms with van der Waals surface area (Å²) in [5.41, 5.74) is 6.85. The van der Waals surface area contributed by atoms with Crippen LogP contribution in [0.1, 0.15) is 31.2 Å². The second kappa shape index (κ2) is 5.65. The molecule has 1 aromatic carbocycles. The lowest BCUT2D eigenvalue weighted by molar-refractivity contribution is -0.123. The maximum absolute atomic E-state index is 12.1. The van der Waals surface area contributed by atoms with Gasteiger partial charge in [-0.3, -0.25) is 4.79 Å². The van der Waals surface area contributed by atoms with Crippen LogP contribution in [0.2, 0.25) is 5.02 Å². The lowest BCUT2D eigenvalue weighted by Gasteiger charge is -2.24. The largest absolute Gasteiger partial charge is 0.328 e. The molecule has 1 aliphatic carbocycles. The summed E-state index contributed by atoms with van der Waals surface area (Å²) in [7, 11) is 0. The molecule has 0 spiro atoms. The van der Waals surface area contributed by atoms with Crippen LogP contribution in [0.15, 0.2) is 24.3 Å². The van der Waals surface area contributed by atoms with Crippen molar-refractivity contribution in [3.05, 3.63) is 34.9 Å². The first-order chi connectivity index (χ1) is 8.15. The van der Waals surface area contributed by atoms with E-state index in [4.69, 9.17) is 17.3 Å². The summed E-state index contributed by atoms with van der Waals surface area (Å²) in [5.74, 6) is 0.535. The number of nitrogens with two attached hydrogens (primary N) is 1. The first-order valence-corrected chi connectivity index (χ1v) is 6.55. The second-order valence-corrected chi connectivity index (χ2v) is 5.32. The Hall–Kier alpha value is -0.860. The van der Waals surface area contributed by atoms with Gasteiger partial charge in [0.1, 0.15) is 5.78 Å². The van der Waals surface area contributed by atoms with Crippen molar-refractivity contribution >= 4 is 17.4 Å². The van der Waals surface area contributed by atoms with Crippen LogP contribution < -0.4 is 5.73 Å². The van der Waals surface area contributed by atoms with Crippen molar-refractivity contribution in [3.63, 3.8) is 0 Å². The normalized spacial score (nSPS) is 24.6. The maximum atomic E-state index is 12.1. The van der Waals surface area contributed by atoms with Crippen LogP contribution in [-0.2, 0) is 11.2 Å². The Labute approximate surface area is 107 Å². The molecule has 3 heteroatoms. The first kappa shape index (κ1) is 12.6. The van der Waals surface area contributed by atoms with Crippen LogP contribution >= 0.6 is 11.6 Å². The summed E-state index contributed by atoms with van der Waals surface area (Å²) >= 11 is 5.91. The molecule has 0 bridgehead atoms. The fourth-order valence-corrected chi connectivity index (χ4v) is 2.65. The number of rotatable bonds is 3. The average Bonchev–Trinajstić information content (AvgIpc) is 2.29. The Morgan fingerprint density at radius 3 is 2.65 bits per heavy atom. The highest BCUT2D eigenvalue weighted by molar-refractivity contribution is 6.30. The minimum Gasteiger partial charge on any atom is -0.328 e. The van der Waals surface area contributed by atoms with Gasteiger partial charge in [0, 0.05) is 23.4 Å². The molecule has 92 valence electrons. The number of halogens is 1. The van der Waals surface area contributed by atoms with Gasteiger partial charge in [-0.15, -0.1) is 0 Å². The zero-order chi connectivity index (χ0) is 12.3. The molecule has 0 radical (unpaired) electrons. The predicted molar refractivity (Wildman–Crippen MR) is 70.1 cm³/mol. The van der Waals surface area contributed by atoms with Crippen molar-refractivity contribution in [3.8, 4) is 0 Å². The number of benzene rings is 1. The van der Waals surface area contributed by atoms with Crippen molar-refractivity contribution < 1.29 is 4.79 Å². The third-order valence-electron chi connectivity index (χ3n) is 3.49. The van der Waals surface area contributed by atoms with Gasteiger partial charge in [-0.1, -0.05) is 23.7 Å². The zero-order valence-corrected chi connectivity index (χ0v) is 10.6. The summed E-state index contributed by atoms with van der Waals surface area (Å²) in [4.78, 5) is 12.1. The van der Waals surface area contributed by atoms with E-state index in [1.54, 1.807) is 0 Å². The van der Waals surface area contributed by atoms with Gasteiger partial charge in [-0.2, -0.15) is 0 Å². The summed E-state index contributed by atoms with van der Waals surface area (Å²) < 4.78 is 0. The molecular formula is C14H18ClNO. The van der Waals surface area contributed by atoms with Crippen molar-refractivity contribution in [1.82, 2.24) is 0 Å². The molecule has 0 saturated heterocycles. The predicted octanol–water partition coefficient (Wildman–Crippen LogP) is 2.97. The van der Waals surface area contributed by atoms with Gasteiger partial charge in [0.25, 0.3) is 0 Å². The van der Waals surface area contributed by atoms with E-state index in [2.05, 4.69) is 0 Å². The number of hydrogen-bond acceptors (Lipinski definition) is 2. The van der Waals surface area contributed by atoms with Gasteiger partial charge in [0.05, 0.1) is 0 Å². The molecule has 17 heavy (non-hydrogen) atoms. The van der Waals surface area contributed by atoms with E-state index in [0.717, 1.165) is 31.2 Å². The van der Waals surface area contributed by atoms with E-state index >= 15 is 0 Å². The molecule has 0 aromatic heterocycles. The van der Waals surface area contributed by atoms with Gasteiger partial charge in [0.2, 0.25) is 0 Å². The van der Waals surface area contributed by atoms with Crippen LogP contribution in [0.5, 0.6) is 0 Å². The molecule has 1 aromatic rings. The molecule has 2 nitrogen and oxygen atoms in total. The van der Waals surface area contributed by atoms with Gasteiger partial charge < -0.3 is 5.73 Å². The van der Waals surface area contributed by atoms with Crippen molar-refractivity contribution in [2.45, 2.75) is 38.1 Å². The molecular weight excluding hydrogens is 234 g/mol. The van der Waals surface area contributed by atoms with Crippen molar-refractivity contribution in [1.29, 1.82) is 0 Å². The van der Waals surface area contributed by atoms with E-state index in [9.17, 15) is 4.79 Å². The molecule has 0 amide bonds. The van der Waals surface area contributed by atoms with Crippen LogP contribution in [0.3, 0.4) is 0 Å². The summed E-state index contributed by atoms with van der Waals surface area (Å²) in [5, 5.41) is 0.695. The molecule has 0 aliphatic heterocycles. The number of carbonyl (C=O) groups excluding carboxylic acids is 1. The molecule has 2 rings (SSSR count). The highest BCUT2D eigenvalue weighted by atomic mass is 35.5. The molecule has 0 unspecified atom stereocenters. The minimum atomic E-state index is 0.203. The zero-order valence-electron chi connectivity index (χ0n) is 9.86. The van der Waals surface area contributed by atoms with E-state index < -0.39 is 0 Å². The SMILES string of the molecule is NC1CCC(C(=O)Cc2cccc(Cl)c2)CC1. The Balaban J connectivity index is 1.93. The van der Waals surface area contributed by atoms with Crippen molar-refractivity contribution in [2.75, 3.05) is 0 Å². The standard InChI is InChI=1S/C14H18ClNO/c15-12-3-1-2-10(8-12)9-14(17)11-4-6-13(16)7-5-11/h1-3,8,11,13H,4-7,9,16H2. The summed E-state index contributed by atoms with van der Waals surface area (Å²) in [6, 6.07) is 7.84. The van der Waals surface area contributed by atoms with Crippen LogP contribution in [0, 0.1) is 5.92 Å². The smallest absolute Gasteiger partial charge is 0.140 e. The van der Waals surface area contributed by atoms with E-state index in [1.807, 2.05) is 24.3 Å². The van der Waals surface area contributed by atoms with Crippen LogP contribution in [0.4, 0.5) is 0 Å². The Morgan fingerprint density at radius 1 is 1.29 bits per heavy atom. The fraction of sp³-hybridized carbons (Fsp3) is 0.500. The lowest BCUT2D eigenvalue weighted by atomic mass is 9.82. The number of carbonyl (C=O) groups is 1. The summed E-state index contributed by atoms with van der Waals surface area (Å²) in [6.07, 6.45) is 4.35. The average molecular weight is 252 g/mol. The molecule has 2 N–H and O–H groups in total. The van der Waals surface area contributed by atoms with Gasteiger partial charge in [0.15, 0.2) is 0 Å². The van der Waals surface area contributed by atoms with Gasteiger partial charge in [-0.05, 0) is 43.4 Å². The number of Topliss-reactive ketones (excluding diaryl/α,β-unsaturated/α-hetero) is 1. The molecule has 1 saturated carbocycles. The fourth-order valence-electron chi connectivity index (χ4n) is 2.43.